The van der Waals surface area contributed by atoms with E-state index in [1.54, 1.807) is 12.1 Å². The molecule has 8 heteroatoms. The van der Waals surface area contributed by atoms with Gasteiger partial charge in [-0.15, -0.1) is 0 Å². The molecule has 1 amide bonds. The maximum absolute atomic E-state index is 12.2. The number of rotatable bonds is 8. The highest BCUT2D eigenvalue weighted by atomic mass is 32.2. The summed E-state index contributed by atoms with van der Waals surface area (Å²) in [5.41, 5.74) is 4.09. The van der Waals surface area contributed by atoms with Crippen LogP contribution in [0.5, 0.6) is 0 Å². The van der Waals surface area contributed by atoms with Crippen molar-refractivity contribution < 1.29 is 22.7 Å². The minimum absolute atomic E-state index is 0.110. The van der Waals surface area contributed by atoms with E-state index in [-0.39, 0.29) is 6.04 Å². The number of benzene rings is 2. The molecule has 2 aromatic rings. The molecule has 1 unspecified atom stereocenters. The molecule has 1 aliphatic carbocycles. The average molecular weight is 443 g/mol. The molecule has 0 saturated carbocycles. The summed E-state index contributed by atoms with van der Waals surface area (Å²) in [7, 11) is -3.81. The SMILES string of the molecule is Cc1ccc(C=CS(=O)(=O)NCC(=O)OCC(=O)NC2CCCc3ccccc32)cc1. The van der Waals surface area contributed by atoms with Crippen molar-refractivity contribution in [1.82, 2.24) is 10.0 Å². The van der Waals surface area contributed by atoms with Crippen LogP contribution in [0.4, 0.5) is 0 Å². The molecular formula is C23H26N2O5S. The largest absolute Gasteiger partial charge is 0.455 e. The van der Waals surface area contributed by atoms with Crippen LogP contribution in [0.15, 0.2) is 53.9 Å². The number of carbonyl (C=O) groups is 2. The number of carbonyl (C=O) groups excluding carboxylic acids is 2. The molecule has 3 rings (SSSR count). The molecule has 0 saturated heterocycles. The summed E-state index contributed by atoms with van der Waals surface area (Å²) in [4.78, 5) is 24.0. The Morgan fingerprint density at radius 3 is 2.65 bits per heavy atom. The van der Waals surface area contributed by atoms with Gasteiger partial charge in [-0.3, -0.25) is 9.59 Å². The Morgan fingerprint density at radius 1 is 1.13 bits per heavy atom. The van der Waals surface area contributed by atoms with E-state index >= 15 is 0 Å². The quantitative estimate of drug-likeness (QED) is 0.612. The van der Waals surface area contributed by atoms with Crippen LogP contribution in [0.2, 0.25) is 0 Å². The number of fused-ring (bicyclic) bond motifs is 1. The first-order valence-electron chi connectivity index (χ1n) is 10.1. The molecule has 2 N–H and O–H groups in total. The Bertz CT molecular complexity index is 1060. The number of sulfonamides is 1. The van der Waals surface area contributed by atoms with E-state index in [1.807, 2.05) is 43.3 Å². The second kappa shape index (κ2) is 10.4. The van der Waals surface area contributed by atoms with Crippen molar-refractivity contribution in [3.63, 3.8) is 0 Å². The molecule has 0 aromatic heterocycles. The third-order valence-electron chi connectivity index (χ3n) is 5.00. The van der Waals surface area contributed by atoms with E-state index in [1.165, 1.54) is 11.6 Å². The molecule has 0 heterocycles. The molecule has 1 atom stereocenters. The summed E-state index contributed by atoms with van der Waals surface area (Å²) in [5.74, 6) is -1.25. The van der Waals surface area contributed by atoms with Gasteiger partial charge in [0.05, 0.1) is 6.04 Å². The van der Waals surface area contributed by atoms with Gasteiger partial charge < -0.3 is 10.1 Å². The third-order valence-corrected chi connectivity index (χ3v) is 6.04. The van der Waals surface area contributed by atoms with Gasteiger partial charge in [0.15, 0.2) is 6.61 Å². The van der Waals surface area contributed by atoms with Crippen molar-refractivity contribution in [2.75, 3.05) is 13.2 Å². The Balaban J connectivity index is 1.42. The lowest BCUT2D eigenvalue weighted by atomic mass is 9.88. The monoisotopic (exact) mass is 442 g/mol. The minimum Gasteiger partial charge on any atom is -0.455 e. The van der Waals surface area contributed by atoms with Crippen molar-refractivity contribution in [2.45, 2.75) is 32.2 Å². The molecule has 0 bridgehead atoms. The van der Waals surface area contributed by atoms with E-state index in [2.05, 4.69) is 10.0 Å². The highest BCUT2D eigenvalue weighted by Crippen LogP contribution is 2.29. The number of aryl methyl sites for hydroxylation is 2. The Morgan fingerprint density at radius 2 is 1.87 bits per heavy atom. The number of hydrogen-bond acceptors (Lipinski definition) is 5. The molecular weight excluding hydrogens is 416 g/mol. The van der Waals surface area contributed by atoms with Crippen LogP contribution < -0.4 is 10.0 Å². The second-order valence-corrected chi connectivity index (χ2v) is 9.10. The third kappa shape index (κ3) is 7.04. The van der Waals surface area contributed by atoms with Crippen LogP contribution in [0.1, 0.15) is 41.1 Å². The van der Waals surface area contributed by atoms with Crippen LogP contribution in [0.25, 0.3) is 6.08 Å². The van der Waals surface area contributed by atoms with Crippen molar-refractivity contribution in [1.29, 1.82) is 0 Å². The topological polar surface area (TPSA) is 102 Å². The first-order chi connectivity index (χ1) is 14.8. The first kappa shape index (κ1) is 22.7. The molecule has 0 fully saturated rings. The first-order valence-corrected chi connectivity index (χ1v) is 11.6. The molecule has 164 valence electrons. The van der Waals surface area contributed by atoms with E-state index < -0.39 is 35.1 Å². The Hall–Kier alpha value is -2.97. The molecule has 1 aliphatic rings. The zero-order valence-electron chi connectivity index (χ0n) is 17.3. The van der Waals surface area contributed by atoms with Crippen LogP contribution in [-0.4, -0.2) is 33.4 Å². The maximum atomic E-state index is 12.2. The zero-order chi connectivity index (χ0) is 22.3. The zero-order valence-corrected chi connectivity index (χ0v) is 18.2. The van der Waals surface area contributed by atoms with Crippen LogP contribution in [-0.2, 0) is 30.8 Å². The standard InChI is InChI=1S/C23H26N2O5S/c1-17-9-11-18(12-10-17)13-14-31(28,29)24-15-23(27)30-16-22(26)25-21-8-4-6-19-5-2-3-7-20(19)21/h2-3,5,7,9-14,21,24H,4,6,8,15-16H2,1H3,(H,25,26). The van der Waals surface area contributed by atoms with Gasteiger partial charge >= 0.3 is 5.97 Å². The Labute approximate surface area is 182 Å². The van der Waals surface area contributed by atoms with E-state index in [0.717, 1.165) is 41.4 Å². The van der Waals surface area contributed by atoms with E-state index in [0.29, 0.717) is 0 Å². The van der Waals surface area contributed by atoms with Crippen LogP contribution in [0.3, 0.4) is 0 Å². The summed E-state index contributed by atoms with van der Waals surface area (Å²) in [5, 5.41) is 3.86. The van der Waals surface area contributed by atoms with Gasteiger partial charge in [-0.05, 0) is 49.0 Å². The van der Waals surface area contributed by atoms with Gasteiger partial charge in [-0.2, -0.15) is 0 Å². The number of hydrogen-bond donors (Lipinski definition) is 2. The lowest BCUT2D eigenvalue weighted by molar-refractivity contribution is -0.147. The molecule has 0 spiro atoms. The summed E-state index contributed by atoms with van der Waals surface area (Å²) in [6.07, 6.45) is 4.21. The number of esters is 1. The highest BCUT2D eigenvalue weighted by Gasteiger charge is 2.21. The highest BCUT2D eigenvalue weighted by molar-refractivity contribution is 7.92. The van der Waals surface area contributed by atoms with Gasteiger partial charge in [0, 0.05) is 5.41 Å². The number of amides is 1. The average Bonchev–Trinajstić information content (AvgIpc) is 2.76. The predicted molar refractivity (Wildman–Crippen MR) is 118 cm³/mol. The Kier molecular flexibility index (Phi) is 7.59. The minimum atomic E-state index is -3.81. The van der Waals surface area contributed by atoms with Crippen LogP contribution >= 0.6 is 0 Å². The van der Waals surface area contributed by atoms with Crippen LogP contribution in [0, 0.1) is 6.92 Å². The fourth-order valence-corrected chi connectivity index (χ4v) is 4.14. The lowest BCUT2D eigenvalue weighted by Gasteiger charge is -2.26. The summed E-state index contributed by atoms with van der Waals surface area (Å²) >= 11 is 0. The van der Waals surface area contributed by atoms with Crippen molar-refractivity contribution >= 4 is 28.0 Å². The number of nitrogens with one attached hydrogen (secondary N) is 2. The van der Waals surface area contributed by atoms with E-state index in [9.17, 15) is 18.0 Å². The van der Waals surface area contributed by atoms with Gasteiger partial charge in [0.1, 0.15) is 6.54 Å². The smallest absolute Gasteiger partial charge is 0.321 e. The second-order valence-electron chi connectivity index (χ2n) is 7.45. The summed E-state index contributed by atoms with van der Waals surface area (Å²) < 4.78 is 31.1. The van der Waals surface area contributed by atoms with E-state index in [4.69, 9.17) is 4.74 Å². The summed E-state index contributed by atoms with van der Waals surface area (Å²) in [6, 6.07) is 15.2. The van der Waals surface area contributed by atoms with Crippen molar-refractivity contribution in [3.8, 4) is 0 Å². The fraction of sp³-hybridized carbons (Fsp3) is 0.304. The lowest BCUT2D eigenvalue weighted by Crippen LogP contribution is -2.36. The molecule has 2 aromatic carbocycles. The molecule has 7 nitrogen and oxygen atoms in total. The van der Waals surface area contributed by atoms with Gasteiger partial charge in [-0.1, -0.05) is 54.1 Å². The molecule has 0 radical (unpaired) electrons. The van der Waals surface area contributed by atoms with Gasteiger partial charge in [-0.25, -0.2) is 13.1 Å². The van der Waals surface area contributed by atoms with Gasteiger partial charge in [0.25, 0.3) is 5.91 Å². The fourth-order valence-electron chi connectivity index (χ4n) is 3.39. The molecule has 31 heavy (non-hydrogen) atoms. The van der Waals surface area contributed by atoms with Crippen molar-refractivity contribution in [3.05, 3.63) is 76.2 Å². The predicted octanol–water partition coefficient (Wildman–Crippen LogP) is 2.62. The normalized spacial score (nSPS) is 16.0. The summed E-state index contributed by atoms with van der Waals surface area (Å²) in [6.45, 7) is 0.921. The maximum Gasteiger partial charge on any atom is 0.321 e. The number of ether oxygens (including phenoxy) is 1. The molecule has 0 aliphatic heterocycles. The van der Waals surface area contributed by atoms with Crippen molar-refractivity contribution in [2.24, 2.45) is 0 Å². The van der Waals surface area contributed by atoms with Gasteiger partial charge in [0.2, 0.25) is 10.0 Å².